The number of hydrogen-bond donors (Lipinski definition) is 2. The van der Waals surface area contributed by atoms with Crippen LogP contribution >= 0.6 is 11.8 Å². The molecule has 0 aliphatic rings. The lowest BCUT2D eigenvalue weighted by Crippen LogP contribution is -2.04. The summed E-state index contributed by atoms with van der Waals surface area (Å²) in [5, 5.41) is 9.65. The first-order valence-electron chi connectivity index (χ1n) is 8.83. The lowest BCUT2D eigenvalue weighted by molar-refractivity contribution is 0.209. The molecule has 0 unspecified atom stereocenters. The van der Waals surface area contributed by atoms with E-state index in [-0.39, 0.29) is 11.9 Å². The average Bonchev–Trinajstić information content (AvgIpc) is 2.48. The summed E-state index contributed by atoms with van der Waals surface area (Å²) in [6.07, 6.45) is 14.4. The summed E-state index contributed by atoms with van der Waals surface area (Å²) in [5.74, 6) is 1.74. The van der Waals surface area contributed by atoms with Crippen molar-refractivity contribution >= 4 is 21.9 Å². The highest BCUT2D eigenvalue weighted by atomic mass is 32.2. The van der Waals surface area contributed by atoms with Gasteiger partial charge in [-0.05, 0) is 43.6 Å². The molecular weight excluding hydrogens is 332 g/mol. The van der Waals surface area contributed by atoms with Crippen LogP contribution in [0.25, 0.3) is 0 Å². The molecule has 2 N–H and O–H groups in total. The van der Waals surface area contributed by atoms with Gasteiger partial charge in [0, 0.05) is 0 Å². The Hall–Kier alpha value is -0.0400. The highest BCUT2D eigenvalue weighted by molar-refractivity contribution is 7.99. The van der Waals surface area contributed by atoms with Crippen molar-refractivity contribution in [1.29, 1.82) is 0 Å². The molecule has 0 aliphatic carbocycles. The van der Waals surface area contributed by atoms with Crippen LogP contribution in [0.15, 0.2) is 12.2 Å². The Morgan fingerprint density at radius 3 is 2.35 bits per heavy atom. The maximum Gasteiger partial charge on any atom is 0.264 e. The van der Waals surface area contributed by atoms with Gasteiger partial charge < -0.3 is 5.11 Å². The Labute approximate surface area is 146 Å². The van der Waals surface area contributed by atoms with Gasteiger partial charge in [0.25, 0.3) is 10.1 Å². The van der Waals surface area contributed by atoms with Gasteiger partial charge in [-0.1, -0.05) is 51.2 Å². The minimum Gasteiger partial charge on any atom is -0.389 e. The molecule has 0 aromatic rings. The van der Waals surface area contributed by atoms with Crippen LogP contribution < -0.4 is 0 Å². The third-order valence-electron chi connectivity index (χ3n) is 3.56. The zero-order chi connectivity index (χ0) is 17.4. The lowest BCUT2D eigenvalue weighted by Gasteiger charge is -2.03. The van der Waals surface area contributed by atoms with Crippen LogP contribution in [-0.4, -0.2) is 41.4 Å². The average molecular weight is 367 g/mol. The van der Waals surface area contributed by atoms with Crippen molar-refractivity contribution in [2.75, 3.05) is 17.3 Å². The summed E-state index contributed by atoms with van der Waals surface area (Å²) in [6.45, 7) is 2.13. The number of aliphatic hydroxyl groups excluding tert-OH is 1. The van der Waals surface area contributed by atoms with Crippen LogP contribution in [0.1, 0.15) is 71.1 Å². The topological polar surface area (TPSA) is 74.6 Å². The predicted octanol–water partition coefficient (Wildman–Crippen LogP) is 4.45. The van der Waals surface area contributed by atoms with Crippen molar-refractivity contribution in [2.24, 2.45) is 0 Å². The van der Waals surface area contributed by atoms with E-state index in [0.29, 0.717) is 6.42 Å². The first kappa shape index (κ1) is 23.0. The van der Waals surface area contributed by atoms with Crippen molar-refractivity contribution in [2.45, 2.75) is 77.2 Å². The molecule has 0 heterocycles. The highest BCUT2D eigenvalue weighted by Gasteiger charge is 2.03. The number of aliphatic hydroxyl groups is 1. The standard InChI is InChI=1S/C17H34O4S2/c1-2-3-12-17(18)13-9-7-5-4-6-8-10-14-22-15-11-16-23(19,20)21/h9,13,17-18H,2-8,10-12,14-16H2,1H3,(H,19,20,21)/t17-/m1/s1. The first-order valence-corrected chi connectivity index (χ1v) is 11.6. The molecule has 0 saturated heterocycles. The molecule has 0 fully saturated rings. The van der Waals surface area contributed by atoms with E-state index in [9.17, 15) is 13.5 Å². The van der Waals surface area contributed by atoms with Gasteiger partial charge in [-0.15, -0.1) is 0 Å². The minimum atomic E-state index is -3.78. The van der Waals surface area contributed by atoms with E-state index in [0.717, 1.165) is 37.2 Å². The Kier molecular flexibility index (Phi) is 15.5. The molecule has 0 radical (unpaired) electrons. The minimum absolute atomic E-state index is 0.124. The molecule has 0 bridgehead atoms. The van der Waals surface area contributed by atoms with E-state index in [1.165, 1.54) is 32.1 Å². The summed E-state index contributed by atoms with van der Waals surface area (Å²) >= 11 is 1.76. The van der Waals surface area contributed by atoms with Gasteiger partial charge in [0.2, 0.25) is 0 Å². The highest BCUT2D eigenvalue weighted by Crippen LogP contribution is 2.11. The van der Waals surface area contributed by atoms with Crippen molar-refractivity contribution in [1.82, 2.24) is 0 Å². The molecule has 0 aliphatic heterocycles. The van der Waals surface area contributed by atoms with Gasteiger partial charge >= 0.3 is 0 Å². The number of rotatable bonds is 16. The molecule has 1 atom stereocenters. The molecule has 6 heteroatoms. The molecule has 4 nitrogen and oxygen atoms in total. The van der Waals surface area contributed by atoms with E-state index in [1.54, 1.807) is 11.8 Å². The molecule has 138 valence electrons. The van der Waals surface area contributed by atoms with E-state index in [1.807, 2.05) is 6.08 Å². The van der Waals surface area contributed by atoms with Gasteiger partial charge in [-0.2, -0.15) is 20.2 Å². The Balaban J connectivity index is 3.23. The molecule has 0 saturated carbocycles. The van der Waals surface area contributed by atoms with Crippen molar-refractivity contribution in [3.8, 4) is 0 Å². The Bertz CT molecular complexity index is 380. The molecule has 0 aromatic heterocycles. The predicted molar refractivity (Wildman–Crippen MR) is 101 cm³/mol. The van der Waals surface area contributed by atoms with Crippen LogP contribution in [-0.2, 0) is 10.1 Å². The van der Waals surface area contributed by atoms with E-state index in [4.69, 9.17) is 4.55 Å². The quantitative estimate of drug-likeness (QED) is 0.240. The fourth-order valence-electron chi connectivity index (χ4n) is 2.20. The van der Waals surface area contributed by atoms with Crippen molar-refractivity contribution in [3.05, 3.63) is 12.2 Å². The lowest BCUT2D eigenvalue weighted by atomic mass is 10.1. The second-order valence-electron chi connectivity index (χ2n) is 5.95. The normalized spacial score (nSPS) is 13.7. The molecule has 0 amide bonds. The van der Waals surface area contributed by atoms with Gasteiger partial charge in [0.1, 0.15) is 0 Å². The van der Waals surface area contributed by atoms with Crippen LogP contribution in [0.5, 0.6) is 0 Å². The van der Waals surface area contributed by atoms with Crippen LogP contribution in [0, 0.1) is 0 Å². The van der Waals surface area contributed by atoms with E-state index >= 15 is 0 Å². The van der Waals surface area contributed by atoms with E-state index in [2.05, 4.69) is 13.0 Å². The summed E-state index contributed by atoms with van der Waals surface area (Å²) < 4.78 is 29.6. The summed E-state index contributed by atoms with van der Waals surface area (Å²) in [6, 6.07) is 0. The largest absolute Gasteiger partial charge is 0.389 e. The summed E-state index contributed by atoms with van der Waals surface area (Å²) in [7, 11) is -3.78. The van der Waals surface area contributed by atoms with Crippen LogP contribution in [0.4, 0.5) is 0 Å². The van der Waals surface area contributed by atoms with Gasteiger partial charge in [-0.3, -0.25) is 4.55 Å². The third kappa shape index (κ3) is 19.9. The Morgan fingerprint density at radius 1 is 1.00 bits per heavy atom. The number of unbranched alkanes of at least 4 members (excludes halogenated alkanes) is 6. The molecule has 0 rings (SSSR count). The van der Waals surface area contributed by atoms with Crippen LogP contribution in [0.2, 0.25) is 0 Å². The monoisotopic (exact) mass is 366 g/mol. The maximum absolute atomic E-state index is 10.5. The number of allylic oxidation sites excluding steroid dienone is 1. The fourth-order valence-corrected chi connectivity index (χ4v) is 3.86. The molecular formula is C17H34O4S2. The zero-order valence-electron chi connectivity index (χ0n) is 14.5. The molecule has 0 aromatic carbocycles. The van der Waals surface area contributed by atoms with Gasteiger partial charge in [0.05, 0.1) is 11.9 Å². The second kappa shape index (κ2) is 15.5. The third-order valence-corrected chi connectivity index (χ3v) is 5.52. The van der Waals surface area contributed by atoms with E-state index < -0.39 is 10.1 Å². The van der Waals surface area contributed by atoms with Crippen molar-refractivity contribution in [3.63, 3.8) is 0 Å². The number of hydrogen-bond acceptors (Lipinski definition) is 4. The zero-order valence-corrected chi connectivity index (χ0v) is 16.1. The first-order chi connectivity index (χ1) is 11.0. The van der Waals surface area contributed by atoms with Crippen molar-refractivity contribution < 1.29 is 18.1 Å². The summed E-state index contributed by atoms with van der Waals surface area (Å²) in [4.78, 5) is 0. The SMILES string of the molecule is CCCC[C@@H](O)C=CCCCCCCCSCCCS(=O)(=O)O. The maximum atomic E-state index is 10.5. The smallest absolute Gasteiger partial charge is 0.264 e. The Morgan fingerprint density at radius 2 is 1.65 bits per heavy atom. The number of thioether (sulfide) groups is 1. The second-order valence-corrected chi connectivity index (χ2v) is 8.74. The van der Waals surface area contributed by atoms with Crippen LogP contribution in [0.3, 0.4) is 0 Å². The van der Waals surface area contributed by atoms with Gasteiger partial charge in [-0.25, -0.2) is 0 Å². The molecule has 0 spiro atoms. The molecule has 23 heavy (non-hydrogen) atoms. The fraction of sp³-hybridized carbons (Fsp3) is 0.882. The summed E-state index contributed by atoms with van der Waals surface area (Å²) in [5.41, 5.74) is 0. The van der Waals surface area contributed by atoms with Gasteiger partial charge in [0.15, 0.2) is 0 Å².